The molecule has 0 spiro atoms. The van der Waals surface area contributed by atoms with Crippen molar-refractivity contribution in [1.82, 2.24) is 14.5 Å². The Morgan fingerprint density at radius 1 is 1.14 bits per heavy atom. The molecule has 4 rings (SSSR count). The molecule has 0 bridgehead atoms. The Kier molecular flexibility index (Phi) is 6.80. The van der Waals surface area contributed by atoms with Crippen molar-refractivity contribution in [2.24, 2.45) is 5.92 Å². The number of rotatable bonds is 4. The van der Waals surface area contributed by atoms with E-state index in [1.165, 1.54) is 4.57 Å². The molecule has 0 saturated carbocycles. The fraction of sp³-hybridized carbons (Fsp3) is 0.308. The van der Waals surface area contributed by atoms with Crippen LogP contribution in [0.2, 0.25) is 0 Å². The molecule has 1 aromatic carbocycles. The van der Waals surface area contributed by atoms with Crippen LogP contribution in [0.25, 0.3) is 33.1 Å². The first-order valence-electron chi connectivity index (χ1n) is 11.3. The zero-order valence-electron chi connectivity index (χ0n) is 20.3. The highest BCUT2D eigenvalue weighted by Gasteiger charge is 2.19. The number of halogens is 1. The van der Waals surface area contributed by atoms with Gasteiger partial charge < -0.3 is 9.47 Å². The molecule has 4 aromatic rings. The van der Waals surface area contributed by atoms with Gasteiger partial charge in [0.15, 0.2) is 5.65 Å². The van der Waals surface area contributed by atoms with Gasteiger partial charge in [0.1, 0.15) is 11.4 Å². The summed E-state index contributed by atoms with van der Waals surface area (Å²) in [5.74, 6) is 0.589. The summed E-state index contributed by atoms with van der Waals surface area (Å²) < 4.78 is 12.8. The molecule has 0 unspecified atom stereocenters. The van der Waals surface area contributed by atoms with Crippen LogP contribution in [0.15, 0.2) is 53.3 Å². The van der Waals surface area contributed by atoms with E-state index >= 15 is 0 Å². The first-order valence-corrected chi connectivity index (χ1v) is 12.0. The van der Waals surface area contributed by atoms with Gasteiger partial charge in [-0.2, -0.15) is 0 Å². The summed E-state index contributed by atoms with van der Waals surface area (Å²) in [6.45, 7) is 9.68. The fourth-order valence-electron chi connectivity index (χ4n) is 3.54. The molecule has 35 heavy (non-hydrogen) atoms. The Labute approximate surface area is 211 Å². The monoisotopic (exact) mass is 538 g/mol. The van der Waals surface area contributed by atoms with Gasteiger partial charge >= 0.3 is 12.2 Å². The number of hydrogen-bond acceptors (Lipinski definition) is 6. The molecule has 3 aromatic heterocycles. The van der Waals surface area contributed by atoms with Crippen molar-refractivity contribution in [2.75, 3.05) is 11.9 Å². The van der Waals surface area contributed by atoms with Crippen LogP contribution in [0.3, 0.4) is 0 Å². The molecular formula is C26H27BrN4O4. The second-order valence-corrected chi connectivity index (χ2v) is 10.5. The lowest BCUT2D eigenvalue weighted by Gasteiger charge is -2.19. The van der Waals surface area contributed by atoms with Gasteiger partial charge in [0.05, 0.1) is 12.3 Å². The summed E-state index contributed by atoms with van der Waals surface area (Å²) in [4.78, 5) is 34.2. The van der Waals surface area contributed by atoms with Crippen molar-refractivity contribution in [3.8, 4) is 11.3 Å². The van der Waals surface area contributed by atoms with Crippen molar-refractivity contribution in [3.05, 3.63) is 53.3 Å². The first-order chi connectivity index (χ1) is 16.5. The minimum Gasteiger partial charge on any atom is -0.449 e. The Bertz CT molecular complexity index is 1420. The summed E-state index contributed by atoms with van der Waals surface area (Å²) in [6.07, 6.45) is 2.24. The molecule has 0 radical (unpaired) electrons. The predicted octanol–water partition coefficient (Wildman–Crippen LogP) is 7.00. The van der Waals surface area contributed by atoms with Gasteiger partial charge in [-0.3, -0.25) is 5.32 Å². The van der Waals surface area contributed by atoms with E-state index in [1.54, 1.807) is 39.2 Å². The number of hydrogen-bond donors (Lipinski definition) is 1. The third kappa shape index (κ3) is 5.62. The molecular weight excluding hydrogens is 512 g/mol. The van der Waals surface area contributed by atoms with Crippen LogP contribution in [-0.2, 0) is 9.47 Å². The smallest absolute Gasteiger partial charge is 0.419 e. The maximum Gasteiger partial charge on any atom is 0.419 e. The number of fused-ring (bicyclic) bond motifs is 2. The lowest BCUT2D eigenvalue weighted by atomic mass is 10.0. The van der Waals surface area contributed by atoms with E-state index in [4.69, 9.17) is 14.5 Å². The molecule has 8 nitrogen and oxygen atoms in total. The second-order valence-electron chi connectivity index (χ2n) is 9.62. The van der Waals surface area contributed by atoms with Gasteiger partial charge in [0.2, 0.25) is 0 Å². The highest BCUT2D eigenvalue weighted by atomic mass is 79.9. The normalized spacial score (nSPS) is 11.7. The van der Waals surface area contributed by atoms with Crippen LogP contribution in [-0.4, -0.2) is 38.9 Å². The van der Waals surface area contributed by atoms with E-state index in [9.17, 15) is 9.59 Å². The number of pyridine rings is 2. The number of carbonyl (C=O) groups excluding carboxylic acids is 2. The number of nitrogens with zero attached hydrogens (tertiary/aromatic N) is 3. The van der Waals surface area contributed by atoms with Crippen LogP contribution in [0.4, 0.5) is 15.4 Å². The summed E-state index contributed by atoms with van der Waals surface area (Å²) in [5, 5.41) is 5.26. The zero-order valence-corrected chi connectivity index (χ0v) is 21.8. The quantitative estimate of drug-likeness (QED) is 0.300. The highest BCUT2D eigenvalue weighted by molar-refractivity contribution is 9.10. The molecule has 0 atom stereocenters. The summed E-state index contributed by atoms with van der Waals surface area (Å²) >= 11 is 3.54. The van der Waals surface area contributed by atoms with E-state index in [1.807, 2.05) is 44.2 Å². The molecule has 0 saturated heterocycles. The molecule has 0 aliphatic rings. The maximum atomic E-state index is 12.6. The van der Waals surface area contributed by atoms with Crippen LogP contribution < -0.4 is 5.32 Å². The molecule has 3 heterocycles. The number of anilines is 1. The lowest BCUT2D eigenvalue weighted by Crippen LogP contribution is -2.27. The summed E-state index contributed by atoms with van der Waals surface area (Å²) in [6, 6.07) is 11.5. The average Bonchev–Trinajstić information content (AvgIpc) is 3.11. The minimum atomic E-state index is -0.630. The third-order valence-electron chi connectivity index (χ3n) is 4.97. The molecule has 182 valence electrons. The van der Waals surface area contributed by atoms with Gasteiger partial charge in [-0.15, -0.1) is 0 Å². The van der Waals surface area contributed by atoms with Crippen molar-refractivity contribution in [2.45, 2.75) is 40.2 Å². The Morgan fingerprint density at radius 3 is 2.60 bits per heavy atom. The third-order valence-corrected chi connectivity index (χ3v) is 5.61. The summed E-state index contributed by atoms with van der Waals surface area (Å²) in [7, 11) is 0. The van der Waals surface area contributed by atoms with Crippen LogP contribution >= 0.6 is 15.9 Å². The molecule has 9 heteroatoms. The van der Waals surface area contributed by atoms with Crippen molar-refractivity contribution in [3.63, 3.8) is 0 Å². The van der Waals surface area contributed by atoms with Crippen molar-refractivity contribution in [1.29, 1.82) is 0 Å². The van der Waals surface area contributed by atoms with E-state index in [-0.39, 0.29) is 5.92 Å². The lowest BCUT2D eigenvalue weighted by molar-refractivity contribution is 0.0635. The van der Waals surface area contributed by atoms with Gasteiger partial charge in [-0.25, -0.2) is 24.1 Å². The maximum absolute atomic E-state index is 12.6. The Morgan fingerprint density at radius 2 is 1.89 bits per heavy atom. The molecule has 0 aliphatic carbocycles. The van der Waals surface area contributed by atoms with Crippen molar-refractivity contribution < 1.29 is 19.1 Å². The highest BCUT2D eigenvalue weighted by Crippen LogP contribution is 2.33. The Hall–Kier alpha value is -3.46. The van der Waals surface area contributed by atoms with Gasteiger partial charge in [0, 0.05) is 33.2 Å². The van der Waals surface area contributed by atoms with E-state index in [2.05, 4.69) is 26.2 Å². The van der Waals surface area contributed by atoms with Gasteiger partial charge in [-0.05, 0) is 60.1 Å². The number of carbonyl (C=O) groups is 2. The van der Waals surface area contributed by atoms with Crippen LogP contribution in [0, 0.1) is 5.92 Å². The van der Waals surface area contributed by atoms with E-state index < -0.39 is 17.8 Å². The largest absolute Gasteiger partial charge is 0.449 e. The molecule has 0 aliphatic heterocycles. The fourth-order valence-corrected chi connectivity index (χ4v) is 4.03. The Balaban J connectivity index is 1.76. The topological polar surface area (TPSA) is 95.3 Å². The predicted molar refractivity (Wildman–Crippen MR) is 140 cm³/mol. The van der Waals surface area contributed by atoms with Gasteiger partial charge in [0.25, 0.3) is 0 Å². The van der Waals surface area contributed by atoms with E-state index in [0.29, 0.717) is 28.2 Å². The average molecular weight is 539 g/mol. The minimum absolute atomic E-state index is 0.227. The summed E-state index contributed by atoms with van der Waals surface area (Å²) in [5.41, 5.74) is 1.22. The SMILES string of the molecule is CC(C)COC(=O)n1cc(Br)c2cc(-c3nc(NC(=O)OC(C)(C)C)cc4ccccc34)cnc21. The van der Waals surface area contributed by atoms with Crippen molar-refractivity contribution >= 4 is 55.7 Å². The number of ether oxygens (including phenoxy) is 2. The number of amides is 1. The van der Waals surface area contributed by atoms with Crippen LogP contribution in [0.1, 0.15) is 34.6 Å². The molecule has 1 N–H and O–H groups in total. The van der Waals surface area contributed by atoms with Gasteiger partial charge in [-0.1, -0.05) is 38.1 Å². The molecule has 1 amide bonds. The van der Waals surface area contributed by atoms with E-state index in [0.717, 1.165) is 21.7 Å². The van der Waals surface area contributed by atoms with Crippen LogP contribution in [0.5, 0.6) is 0 Å². The zero-order chi connectivity index (χ0) is 25.3. The standard InChI is InChI=1S/C26H27BrN4O4/c1-15(2)14-34-25(33)31-13-20(27)19-10-17(12-28-23(19)31)22-18-9-7-6-8-16(18)11-21(29-22)30-24(32)35-26(3,4)5/h6-13,15H,14H2,1-5H3,(H,29,30,32). The second kappa shape index (κ2) is 9.65. The molecule has 0 fully saturated rings. The number of benzene rings is 1. The number of nitrogens with one attached hydrogen (secondary N) is 1. The number of aromatic nitrogens is 3. The first kappa shape index (κ1) is 24.7.